The van der Waals surface area contributed by atoms with Crippen LogP contribution in [0.3, 0.4) is 0 Å². The number of rotatable bonds is 7. The zero-order valence-electron chi connectivity index (χ0n) is 15.9. The average Bonchev–Trinajstić information content (AvgIpc) is 2.73. The predicted octanol–water partition coefficient (Wildman–Crippen LogP) is 2.04. The third kappa shape index (κ3) is 4.16. The summed E-state index contributed by atoms with van der Waals surface area (Å²) in [6.07, 6.45) is 1.38. The van der Waals surface area contributed by atoms with Crippen molar-refractivity contribution in [2.75, 3.05) is 41.1 Å². The first kappa shape index (κ1) is 19.4. The molecule has 27 heavy (non-hydrogen) atoms. The largest absolute Gasteiger partial charge is 0.493 e. The minimum absolute atomic E-state index is 0.0698. The molecule has 0 spiro atoms. The molecule has 7 heteroatoms. The van der Waals surface area contributed by atoms with Crippen LogP contribution in [-0.4, -0.2) is 62.2 Å². The molecule has 1 aliphatic heterocycles. The fraction of sp³-hybridized carbons (Fsp3) is 0.450. The molecule has 0 saturated carbocycles. The number of hydrogen-bond donors (Lipinski definition) is 1. The lowest BCUT2D eigenvalue weighted by atomic mass is 9.97. The molecule has 1 N–H and O–H groups in total. The van der Waals surface area contributed by atoms with Gasteiger partial charge in [-0.2, -0.15) is 0 Å². The molecule has 2 atom stereocenters. The Hall–Kier alpha value is -2.35. The van der Waals surface area contributed by atoms with E-state index in [0.29, 0.717) is 30.5 Å². The fourth-order valence-electron chi connectivity index (χ4n) is 3.53. The smallest absolute Gasteiger partial charge is 0.217 e. The van der Waals surface area contributed by atoms with Crippen molar-refractivity contribution in [2.24, 2.45) is 0 Å². The minimum atomic E-state index is -0.334. The van der Waals surface area contributed by atoms with Crippen molar-refractivity contribution in [3.63, 3.8) is 0 Å². The molecule has 2 heterocycles. The summed E-state index contributed by atoms with van der Waals surface area (Å²) in [5.41, 5.74) is 1.98. The molecule has 0 aliphatic carbocycles. The molecule has 1 aliphatic rings. The standard InChI is InChI=1S/C20H26N2O5/c1-24-16-7-6-14(11-17(16)25-2)19-18(13-23)27-10-9-22(19)12-15-5-4-8-21-20(15)26-3/h4-8,11,18-19,23H,9-10,12-13H2,1-3H3/t18-,19-/m1/s1. The van der Waals surface area contributed by atoms with E-state index in [-0.39, 0.29) is 18.8 Å². The molecule has 3 rings (SSSR count). The van der Waals surface area contributed by atoms with Gasteiger partial charge >= 0.3 is 0 Å². The Morgan fingerprint density at radius 1 is 1.15 bits per heavy atom. The normalized spacial score (nSPS) is 20.3. The van der Waals surface area contributed by atoms with Crippen LogP contribution in [0.1, 0.15) is 17.2 Å². The molecule has 0 unspecified atom stereocenters. The van der Waals surface area contributed by atoms with E-state index < -0.39 is 0 Å². The zero-order valence-corrected chi connectivity index (χ0v) is 15.9. The number of benzene rings is 1. The van der Waals surface area contributed by atoms with Gasteiger partial charge in [0.25, 0.3) is 0 Å². The number of aliphatic hydroxyl groups excluding tert-OH is 1. The number of nitrogens with zero attached hydrogens (tertiary/aromatic N) is 2. The molecule has 146 valence electrons. The average molecular weight is 374 g/mol. The number of aliphatic hydroxyl groups is 1. The Bertz CT molecular complexity index is 755. The van der Waals surface area contributed by atoms with Crippen LogP contribution in [-0.2, 0) is 11.3 Å². The molecular formula is C20H26N2O5. The third-order valence-electron chi connectivity index (χ3n) is 4.80. The van der Waals surface area contributed by atoms with Crippen LogP contribution in [0.2, 0.25) is 0 Å². The Kier molecular flexibility index (Phi) is 6.49. The second-order valence-electron chi connectivity index (χ2n) is 6.29. The topological polar surface area (TPSA) is 73.3 Å². The van der Waals surface area contributed by atoms with Gasteiger partial charge in [-0.05, 0) is 23.8 Å². The maximum atomic E-state index is 9.89. The number of hydrogen-bond acceptors (Lipinski definition) is 7. The van der Waals surface area contributed by atoms with Gasteiger partial charge < -0.3 is 24.1 Å². The Labute approximate surface area is 159 Å². The highest BCUT2D eigenvalue weighted by Gasteiger charge is 2.34. The summed E-state index contributed by atoms with van der Waals surface area (Å²) >= 11 is 0. The maximum Gasteiger partial charge on any atom is 0.217 e. The third-order valence-corrected chi connectivity index (χ3v) is 4.80. The summed E-state index contributed by atoms with van der Waals surface area (Å²) in [7, 11) is 4.84. The predicted molar refractivity (Wildman–Crippen MR) is 100 cm³/mol. The highest BCUT2D eigenvalue weighted by molar-refractivity contribution is 5.44. The summed E-state index contributed by atoms with van der Waals surface area (Å²) in [5.74, 6) is 1.92. The van der Waals surface area contributed by atoms with E-state index in [1.165, 1.54) is 0 Å². The first-order valence-corrected chi connectivity index (χ1v) is 8.88. The first-order valence-electron chi connectivity index (χ1n) is 8.88. The van der Waals surface area contributed by atoms with E-state index in [4.69, 9.17) is 18.9 Å². The zero-order chi connectivity index (χ0) is 19.2. The molecule has 2 aromatic rings. The summed E-state index contributed by atoms with van der Waals surface area (Å²) in [6.45, 7) is 1.85. The van der Waals surface area contributed by atoms with E-state index >= 15 is 0 Å². The first-order chi connectivity index (χ1) is 13.2. The quantitative estimate of drug-likeness (QED) is 0.795. The van der Waals surface area contributed by atoms with Crippen molar-refractivity contribution in [3.8, 4) is 17.4 Å². The van der Waals surface area contributed by atoms with Gasteiger partial charge in [0.05, 0.1) is 40.6 Å². The monoisotopic (exact) mass is 374 g/mol. The number of methoxy groups -OCH3 is 3. The van der Waals surface area contributed by atoms with Gasteiger partial charge in [-0.25, -0.2) is 4.98 Å². The van der Waals surface area contributed by atoms with Crippen LogP contribution in [0, 0.1) is 0 Å². The molecule has 1 aromatic heterocycles. The van der Waals surface area contributed by atoms with E-state index in [2.05, 4.69) is 9.88 Å². The van der Waals surface area contributed by atoms with Crippen LogP contribution in [0.25, 0.3) is 0 Å². The van der Waals surface area contributed by atoms with Crippen molar-refractivity contribution >= 4 is 0 Å². The van der Waals surface area contributed by atoms with Crippen molar-refractivity contribution < 1.29 is 24.1 Å². The van der Waals surface area contributed by atoms with Gasteiger partial charge in [-0.3, -0.25) is 4.90 Å². The van der Waals surface area contributed by atoms with Gasteiger partial charge in [0.15, 0.2) is 11.5 Å². The summed E-state index contributed by atoms with van der Waals surface area (Å²) in [5, 5.41) is 9.89. The second kappa shape index (κ2) is 9.03. The molecular weight excluding hydrogens is 348 g/mol. The van der Waals surface area contributed by atoms with Crippen molar-refractivity contribution in [3.05, 3.63) is 47.7 Å². The van der Waals surface area contributed by atoms with Crippen molar-refractivity contribution in [2.45, 2.75) is 18.7 Å². The number of aromatic nitrogens is 1. The van der Waals surface area contributed by atoms with Crippen LogP contribution >= 0.6 is 0 Å². The lowest BCUT2D eigenvalue weighted by molar-refractivity contribution is -0.0962. The van der Waals surface area contributed by atoms with E-state index in [9.17, 15) is 5.11 Å². The second-order valence-corrected chi connectivity index (χ2v) is 6.29. The highest BCUT2D eigenvalue weighted by atomic mass is 16.5. The van der Waals surface area contributed by atoms with Gasteiger partial charge in [-0.1, -0.05) is 12.1 Å². The Morgan fingerprint density at radius 3 is 2.67 bits per heavy atom. The van der Waals surface area contributed by atoms with E-state index in [1.54, 1.807) is 27.5 Å². The summed E-state index contributed by atoms with van der Waals surface area (Å²) in [6, 6.07) is 9.56. The number of pyridine rings is 1. The lowest BCUT2D eigenvalue weighted by Gasteiger charge is -2.41. The van der Waals surface area contributed by atoms with Crippen LogP contribution < -0.4 is 14.2 Å². The Morgan fingerprint density at radius 2 is 1.96 bits per heavy atom. The van der Waals surface area contributed by atoms with Gasteiger partial charge in [0.2, 0.25) is 5.88 Å². The Balaban J connectivity index is 1.94. The van der Waals surface area contributed by atoms with Crippen LogP contribution in [0.4, 0.5) is 0 Å². The van der Waals surface area contributed by atoms with Gasteiger partial charge in [0.1, 0.15) is 6.10 Å². The van der Waals surface area contributed by atoms with Crippen molar-refractivity contribution in [1.29, 1.82) is 0 Å². The summed E-state index contributed by atoms with van der Waals surface area (Å²) < 4.78 is 22.0. The van der Waals surface area contributed by atoms with E-state index in [1.807, 2.05) is 30.3 Å². The minimum Gasteiger partial charge on any atom is -0.493 e. The number of morpholine rings is 1. The number of ether oxygens (including phenoxy) is 4. The summed E-state index contributed by atoms with van der Waals surface area (Å²) in [4.78, 5) is 6.55. The molecule has 1 saturated heterocycles. The molecule has 1 aromatic carbocycles. The van der Waals surface area contributed by atoms with Crippen LogP contribution in [0.5, 0.6) is 17.4 Å². The van der Waals surface area contributed by atoms with Gasteiger partial charge in [-0.15, -0.1) is 0 Å². The fourth-order valence-corrected chi connectivity index (χ4v) is 3.53. The van der Waals surface area contributed by atoms with E-state index in [0.717, 1.165) is 17.7 Å². The molecule has 0 bridgehead atoms. The SMILES string of the molecule is COc1ccc([C@@H]2[C@@H](CO)OCCN2Cc2cccnc2OC)cc1OC. The molecule has 0 amide bonds. The molecule has 1 fully saturated rings. The maximum absolute atomic E-state index is 9.89. The van der Waals surface area contributed by atoms with Crippen molar-refractivity contribution in [1.82, 2.24) is 9.88 Å². The molecule has 7 nitrogen and oxygen atoms in total. The van der Waals surface area contributed by atoms with Gasteiger partial charge in [0, 0.05) is 24.8 Å². The lowest BCUT2D eigenvalue weighted by Crippen LogP contribution is -2.46. The molecule has 0 radical (unpaired) electrons. The highest BCUT2D eigenvalue weighted by Crippen LogP contribution is 2.36. The van der Waals surface area contributed by atoms with Crippen LogP contribution in [0.15, 0.2) is 36.5 Å².